The monoisotopic (exact) mass is 332 g/mol. The summed E-state index contributed by atoms with van der Waals surface area (Å²) in [4.78, 5) is 0. The molecule has 0 aliphatic rings. The third-order valence-electron chi connectivity index (χ3n) is 3.03. The van der Waals surface area contributed by atoms with Gasteiger partial charge in [-0.1, -0.05) is 18.2 Å². The quantitative estimate of drug-likeness (QED) is 0.569. The number of furan rings is 1. The summed E-state index contributed by atoms with van der Waals surface area (Å²) in [6.07, 6.45) is 5.31. The standard InChI is InChI=1S/C14H13BrN4O/c15-12-6-7-20-14(12)13(18-16)10-8-17-19(9-10)11-4-2-1-3-5-11/h1-9,13,18H,16H2. The lowest BCUT2D eigenvalue weighted by Crippen LogP contribution is -2.28. The van der Waals surface area contributed by atoms with E-state index in [0.29, 0.717) is 0 Å². The first-order chi connectivity index (χ1) is 9.79. The van der Waals surface area contributed by atoms with Crippen molar-refractivity contribution in [3.8, 4) is 5.69 Å². The number of nitrogens with zero attached hydrogens (tertiary/aromatic N) is 2. The van der Waals surface area contributed by atoms with E-state index in [1.807, 2.05) is 42.6 Å². The highest BCUT2D eigenvalue weighted by Gasteiger charge is 2.20. The molecule has 0 bridgehead atoms. The van der Waals surface area contributed by atoms with Crippen LogP contribution in [0.3, 0.4) is 0 Å². The summed E-state index contributed by atoms with van der Waals surface area (Å²) in [5.41, 5.74) is 4.67. The molecule has 3 N–H and O–H groups in total. The van der Waals surface area contributed by atoms with Crippen LogP contribution in [-0.2, 0) is 0 Å². The zero-order chi connectivity index (χ0) is 13.9. The van der Waals surface area contributed by atoms with Gasteiger partial charge in [0, 0.05) is 11.8 Å². The van der Waals surface area contributed by atoms with Gasteiger partial charge in [0.1, 0.15) is 11.8 Å². The lowest BCUT2D eigenvalue weighted by atomic mass is 10.1. The van der Waals surface area contributed by atoms with Crippen LogP contribution in [0.15, 0.2) is 63.9 Å². The highest BCUT2D eigenvalue weighted by Crippen LogP contribution is 2.29. The molecule has 0 fully saturated rings. The van der Waals surface area contributed by atoms with Gasteiger partial charge in [-0.25, -0.2) is 10.1 Å². The molecule has 1 aromatic carbocycles. The molecule has 0 aliphatic heterocycles. The smallest absolute Gasteiger partial charge is 0.140 e. The van der Waals surface area contributed by atoms with Gasteiger partial charge in [-0.15, -0.1) is 0 Å². The number of hydrogen-bond donors (Lipinski definition) is 2. The van der Waals surface area contributed by atoms with Crippen LogP contribution < -0.4 is 11.3 Å². The van der Waals surface area contributed by atoms with Crippen LogP contribution in [0, 0.1) is 0 Å². The summed E-state index contributed by atoms with van der Waals surface area (Å²) in [5.74, 6) is 6.37. The fraction of sp³-hybridized carbons (Fsp3) is 0.0714. The van der Waals surface area contributed by atoms with Gasteiger partial charge in [-0.3, -0.25) is 5.84 Å². The van der Waals surface area contributed by atoms with Crippen molar-refractivity contribution in [3.05, 3.63) is 70.9 Å². The maximum absolute atomic E-state index is 5.64. The first kappa shape index (κ1) is 13.1. The van der Waals surface area contributed by atoms with Crippen molar-refractivity contribution >= 4 is 15.9 Å². The molecule has 2 aromatic heterocycles. The van der Waals surface area contributed by atoms with Gasteiger partial charge in [0.15, 0.2) is 0 Å². The molecule has 0 aliphatic carbocycles. The van der Waals surface area contributed by atoms with E-state index in [-0.39, 0.29) is 6.04 Å². The summed E-state index contributed by atoms with van der Waals surface area (Å²) in [7, 11) is 0. The molecule has 102 valence electrons. The Hall–Kier alpha value is -1.89. The zero-order valence-corrected chi connectivity index (χ0v) is 12.1. The zero-order valence-electron chi connectivity index (χ0n) is 10.5. The van der Waals surface area contributed by atoms with Crippen molar-refractivity contribution in [1.29, 1.82) is 0 Å². The summed E-state index contributed by atoms with van der Waals surface area (Å²) in [6.45, 7) is 0. The minimum absolute atomic E-state index is 0.253. The largest absolute Gasteiger partial charge is 0.466 e. The molecule has 1 atom stereocenters. The fourth-order valence-corrected chi connectivity index (χ4v) is 2.47. The molecule has 6 heteroatoms. The lowest BCUT2D eigenvalue weighted by Gasteiger charge is -2.11. The molecule has 0 saturated carbocycles. The van der Waals surface area contributed by atoms with E-state index in [1.165, 1.54) is 0 Å². The van der Waals surface area contributed by atoms with Crippen molar-refractivity contribution < 1.29 is 4.42 Å². The first-order valence-electron chi connectivity index (χ1n) is 6.08. The average molecular weight is 333 g/mol. The van der Waals surface area contributed by atoms with Crippen molar-refractivity contribution in [2.24, 2.45) is 5.84 Å². The van der Waals surface area contributed by atoms with E-state index in [0.717, 1.165) is 21.5 Å². The second kappa shape index (κ2) is 5.62. The number of para-hydroxylation sites is 1. The Labute approximate surface area is 124 Å². The van der Waals surface area contributed by atoms with E-state index in [1.54, 1.807) is 17.1 Å². The highest BCUT2D eigenvalue weighted by molar-refractivity contribution is 9.10. The molecule has 0 spiro atoms. The fourth-order valence-electron chi connectivity index (χ4n) is 2.04. The van der Waals surface area contributed by atoms with E-state index in [4.69, 9.17) is 10.3 Å². The number of hydrogen-bond acceptors (Lipinski definition) is 4. The topological polar surface area (TPSA) is 69.0 Å². The van der Waals surface area contributed by atoms with Crippen LogP contribution in [0.25, 0.3) is 5.69 Å². The second-order valence-electron chi connectivity index (χ2n) is 4.29. The van der Waals surface area contributed by atoms with Gasteiger partial charge in [0.2, 0.25) is 0 Å². The molecule has 3 aromatic rings. The summed E-state index contributed by atoms with van der Waals surface area (Å²) < 4.78 is 8.13. The van der Waals surface area contributed by atoms with Crippen LogP contribution in [0.5, 0.6) is 0 Å². The molecule has 5 nitrogen and oxygen atoms in total. The third kappa shape index (κ3) is 2.40. The predicted molar refractivity (Wildman–Crippen MR) is 79.1 cm³/mol. The Morgan fingerprint density at radius 2 is 2.05 bits per heavy atom. The number of aromatic nitrogens is 2. The van der Waals surface area contributed by atoms with Crippen LogP contribution in [0.1, 0.15) is 17.4 Å². The number of nitrogens with two attached hydrogens (primary N) is 1. The molecule has 1 unspecified atom stereocenters. The van der Waals surface area contributed by atoms with Gasteiger partial charge in [0.25, 0.3) is 0 Å². The van der Waals surface area contributed by atoms with Crippen LogP contribution in [0.4, 0.5) is 0 Å². The van der Waals surface area contributed by atoms with E-state index in [9.17, 15) is 0 Å². The van der Waals surface area contributed by atoms with Gasteiger partial charge in [-0.05, 0) is 34.1 Å². The number of rotatable bonds is 4. The number of halogens is 1. The van der Waals surface area contributed by atoms with E-state index < -0.39 is 0 Å². The maximum Gasteiger partial charge on any atom is 0.140 e. The minimum atomic E-state index is -0.253. The summed E-state index contributed by atoms with van der Waals surface area (Å²) in [5, 5.41) is 4.36. The van der Waals surface area contributed by atoms with Gasteiger partial charge >= 0.3 is 0 Å². The van der Waals surface area contributed by atoms with Gasteiger partial charge in [-0.2, -0.15) is 5.10 Å². The van der Waals surface area contributed by atoms with E-state index in [2.05, 4.69) is 26.5 Å². The minimum Gasteiger partial charge on any atom is -0.466 e. The predicted octanol–water partition coefficient (Wildman–Crippen LogP) is 2.78. The summed E-state index contributed by atoms with van der Waals surface area (Å²) in [6, 6.07) is 11.5. The number of hydrazine groups is 1. The Kier molecular flexibility index (Phi) is 3.68. The Balaban J connectivity index is 1.95. The van der Waals surface area contributed by atoms with Crippen LogP contribution in [0.2, 0.25) is 0 Å². The average Bonchev–Trinajstić information content (AvgIpc) is 3.12. The van der Waals surface area contributed by atoms with Crippen molar-refractivity contribution in [3.63, 3.8) is 0 Å². The lowest BCUT2D eigenvalue weighted by molar-refractivity contribution is 0.450. The van der Waals surface area contributed by atoms with Crippen molar-refractivity contribution in [2.45, 2.75) is 6.04 Å². The SMILES string of the molecule is NNC(c1cnn(-c2ccccc2)c1)c1occc1Br. The molecule has 20 heavy (non-hydrogen) atoms. The molecule has 0 amide bonds. The maximum atomic E-state index is 5.64. The van der Waals surface area contributed by atoms with Crippen molar-refractivity contribution in [1.82, 2.24) is 15.2 Å². The first-order valence-corrected chi connectivity index (χ1v) is 6.88. The number of benzene rings is 1. The molecule has 2 heterocycles. The Morgan fingerprint density at radius 3 is 2.70 bits per heavy atom. The molecule has 0 saturated heterocycles. The van der Waals surface area contributed by atoms with Crippen LogP contribution in [-0.4, -0.2) is 9.78 Å². The van der Waals surface area contributed by atoms with Crippen molar-refractivity contribution in [2.75, 3.05) is 0 Å². The highest BCUT2D eigenvalue weighted by atomic mass is 79.9. The molecule has 0 radical (unpaired) electrons. The second-order valence-corrected chi connectivity index (χ2v) is 5.14. The number of nitrogens with one attached hydrogen (secondary N) is 1. The Bertz CT molecular complexity index is 692. The molecular formula is C14H13BrN4O. The van der Waals surface area contributed by atoms with Gasteiger partial charge in [0.05, 0.1) is 22.6 Å². The normalized spacial score (nSPS) is 12.5. The third-order valence-corrected chi connectivity index (χ3v) is 3.69. The van der Waals surface area contributed by atoms with Gasteiger partial charge < -0.3 is 4.42 Å². The Morgan fingerprint density at radius 1 is 1.25 bits per heavy atom. The molecular weight excluding hydrogens is 320 g/mol. The molecule has 3 rings (SSSR count). The van der Waals surface area contributed by atoms with E-state index >= 15 is 0 Å². The van der Waals surface area contributed by atoms with Crippen LogP contribution >= 0.6 is 15.9 Å². The summed E-state index contributed by atoms with van der Waals surface area (Å²) >= 11 is 3.44.